The Balaban J connectivity index is 1.50. The number of nitrogens with zero attached hydrogens (tertiary/aromatic N) is 3. The summed E-state index contributed by atoms with van der Waals surface area (Å²) < 4.78 is 20.3. The molecule has 4 N–H and O–H groups in total. The number of nitrogens with one attached hydrogen (secondary N) is 3. The number of benzene rings is 1. The van der Waals surface area contributed by atoms with Crippen molar-refractivity contribution in [2.75, 3.05) is 23.8 Å². The summed E-state index contributed by atoms with van der Waals surface area (Å²) >= 11 is 0. The van der Waals surface area contributed by atoms with Crippen LogP contribution in [0, 0.1) is 24.1 Å². The number of urea groups is 1. The Labute approximate surface area is 239 Å². The lowest BCUT2D eigenvalue weighted by Gasteiger charge is -2.42. The van der Waals surface area contributed by atoms with Crippen LogP contribution in [-0.2, 0) is 16.0 Å². The van der Waals surface area contributed by atoms with Crippen molar-refractivity contribution in [1.82, 2.24) is 10.3 Å². The molecule has 2 aliphatic rings. The predicted molar refractivity (Wildman–Crippen MR) is 157 cm³/mol. The lowest BCUT2D eigenvalue weighted by atomic mass is 9.68. The standard InChI is InChI=1S/C30H37FN6O4/c1-18-13-23(31)24(35-29(40)34-22-16-30(2,3)17-22)14-20(18)7-8-26(41-12-11-38)37-27(32-4)21-9-10-33-25(15-21)36-28(39)19-5-6-19/h8-10,13-15,19,22,38H,4-7,11-12,16-17H2,1-3H3,(H,33,36,39)(H2,34,35,40)/b26-8+,37-27-. The van der Waals surface area contributed by atoms with Crippen molar-refractivity contribution in [1.29, 1.82) is 0 Å². The number of pyridine rings is 1. The van der Waals surface area contributed by atoms with E-state index in [2.05, 4.69) is 51.5 Å². The SMILES string of the molecule is C=N/C(=N\C(=C/Cc1cc(NC(=O)NC2CC(C)(C)C2)c(F)cc1C)OCCO)c1ccnc(NC(=O)C2CC2)c1. The number of allylic oxidation sites excluding steroid dienone is 1. The zero-order chi connectivity index (χ0) is 29.6. The number of carbonyl (C=O) groups is 2. The normalized spacial score (nSPS) is 16.9. The molecular weight excluding hydrogens is 527 g/mol. The lowest BCUT2D eigenvalue weighted by Crippen LogP contribution is -2.49. The molecule has 2 fully saturated rings. The van der Waals surface area contributed by atoms with Gasteiger partial charge in [-0.1, -0.05) is 13.8 Å². The highest BCUT2D eigenvalue weighted by Crippen LogP contribution is 2.39. The lowest BCUT2D eigenvalue weighted by molar-refractivity contribution is -0.117. The van der Waals surface area contributed by atoms with Crippen LogP contribution in [0.1, 0.15) is 56.2 Å². The molecule has 0 unspecified atom stereocenters. The number of hydrogen-bond donors (Lipinski definition) is 4. The Kier molecular flexibility index (Phi) is 9.49. The number of anilines is 2. The Morgan fingerprint density at radius 2 is 2.00 bits per heavy atom. The molecule has 0 aliphatic heterocycles. The maximum atomic E-state index is 14.7. The molecule has 0 atom stereocenters. The van der Waals surface area contributed by atoms with Gasteiger partial charge in [-0.05, 0) is 92.6 Å². The molecular formula is C30H37FN6O4. The maximum absolute atomic E-state index is 14.7. The van der Waals surface area contributed by atoms with E-state index >= 15 is 0 Å². The molecule has 11 heteroatoms. The second-order valence-electron chi connectivity index (χ2n) is 11.2. The number of amides is 3. The third kappa shape index (κ3) is 8.43. The number of carbonyl (C=O) groups excluding carboxylic acids is 2. The molecule has 2 saturated carbocycles. The molecule has 1 heterocycles. The Bertz CT molecular complexity index is 1360. The fourth-order valence-electron chi connectivity index (χ4n) is 4.75. The summed E-state index contributed by atoms with van der Waals surface area (Å²) in [6.07, 6.45) is 7.02. The summed E-state index contributed by atoms with van der Waals surface area (Å²) in [4.78, 5) is 37.3. The quantitative estimate of drug-likeness (QED) is 0.178. The van der Waals surface area contributed by atoms with Crippen LogP contribution in [0.25, 0.3) is 0 Å². The topological polar surface area (TPSA) is 137 Å². The van der Waals surface area contributed by atoms with Crippen LogP contribution in [0.15, 0.2) is 52.4 Å². The van der Waals surface area contributed by atoms with Gasteiger partial charge in [-0.3, -0.25) is 4.79 Å². The summed E-state index contributed by atoms with van der Waals surface area (Å²) in [5.41, 5.74) is 2.27. The van der Waals surface area contributed by atoms with Gasteiger partial charge in [0.15, 0.2) is 5.84 Å². The average molecular weight is 565 g/mol. The highest BCUT2D eigenvalue weighted by atomic mass is 19.1. The third-order valence-electron chi connectivity index (χ3n) is 7.03. The molecule has 1 aromatic carbocycles. The summed E-state index contributed by atoms with van der Waals surface area (Å²) in [7, 11) is 0. The Hall–Kier alpha value is -4.12. The van der Waals surface area contributed by atoms with E-state index in [1.165, 1.54) is 12.3 Å². The van der Waals surface area contributed by atoms with Gasteiger partial charge in [0.1, 0.15) is 18.2 Å². The molecule has 2 aliphatic carbocycles. The molecule has 41 heavy (non-hydrogen) atoms. The number of aliphatic hydroxyl groups is 1. The van der Waals surface area contributed by atoms with Gasteiger partial charge >= 0.3 is 6.03 Å². The van der Waals surface area contributed by atoms with Crippen LogP contribution in [0.5, 0.6) is 0 Å². The third-order valence-corrected chi connectivity index (χ3v) is 7.03. The van der Waals surface area contributed by atoms with Crippen molar-refractivity contribution < 1.29 is 23.8 Å². The van der Waals surface area contributed by atoms with E-state index in [4.69, 9.17) is 4.74 Å². The summed E-state index contributed by atoms with van der Waals surface area (Å²) in [5, 5.41) is 17.6. The first-order chi connectivity index (χ1) is 19.6. The van der Waals surface area contributed by atoms with Gasteiger partial charge in [0.05, 0.1) is 12.3 Å². The first-order valence-corrected chi connectivity index (χ1v) is 13.7. The van der Waals surface area contributed by atoms with E-state index in [1.54, 1.807) is 31.2 Å². The second kappa shape index (κ2) is 13.0. The van der Waals surface area contributed by atoms with Crippen molar-refractivity contribution in [3.05, 3.63) is 64.9 Å². The number of rotatable bonds is 11. The Morgan fingerprint density at radius 1 is 1.24 bits per heavy atom. The minimum Gasteiger partial charge on any atom is -0.475 e. The molecule has 0 spiro atoms. The number of aryl methyl sites for hydroxylation is 1. The monoisotopic (exact) mass is 564 g/mol. The smallest absolute Gasteiger partial charge is 0.319 e. The predicted octanol–water partition coefficient (Wildman–Crippen LogP) is 4.73. The van der Waals surface area contributed by atoms with Gasteiger partial charge in [-0.15, -0.1) is 0 Å². The van der Waals surface area contributed by atoms with Crippen LogP contribution < -0.4 is 16.0 Å². The molecule has 2 aromatic rings. The van der Waals surface area contributed by atoms with Crippen molar-refractivity contribution in [2.24, 2.45) is 21.3 Å². The largest absolute Gasteiger partial charge is 0.475 e. The molecule has 0 radical (unpaired) electrons. The van der Waals surface area contributed by atoms with Gasteiger partial charge in [-0.2, -0.15) is 4.99 Å². The average Bonchev–Trinajstić information content (AvgIpc) is 3.75. The van der Waals surface area contributed by atoms with Crippen LogP contribution in [0.4, 0.5) is 20.7 Å². The Morgan fingerprint density at radius 3 is 2.66 bits per heavy atom. The van der Waals surface area contributed by atoms with E-state index in [9.17, 15) is 19.1 Å². The van der Waals surface area contributed by atoms with Crippen molar-refractivity contribution in [3.8, 4) is 0 Å². The number of aromatic nitrogens is 1. The van der Waals surface area contributed by atoms with Crippen molar-refractivity contribution >= 4 is 36.0 Å². The molecule has 0 bridgehead atoms. The molecule has 218 valence electrons. The number of amidine groups is 1. The second-order valence-corrected chi connectivity index (χ2v) is 11.2. The number of aliphatic imine (C=N–C) groups is 2. The van der Waals surface area contributed by atoms with Crippen molar-refractivity contribution in [2.45, 2.75) is 58.9 Å². The molecule has 1 aromatic heterocycles. The fourth-order valence-corrected chi connectivity index (χ4v) is 4.75. The van der Waals surface area contributed by atoms with Crippen LogP contribution in [-0.4, -0.2) is 53.8 Å². The minimum atomic E-state index is -0.533. The van der Waals surface area contributed by atoms with E-state index in [-0.39, 0.29) is 53.9 Å². The molecule has 3 amide bonds. The van der Waals surface area contributed by atoms with Gasteiger partial charge in [-0.25, -0.2) is 19.2 Å². The van der Waals surface area contributed by atoms with E-state index in [0.29, 0.717) is 23.4 Å². The first kappa shape index (κ1) is 29.9. The van der Waals surface area contributed by atoms with Crippen LogP contribution >= 0.6 is 0 Å². The van der Waals surface area contributed by atoms with Crippen LogP contribution in [0.3, 0.4) is 0 Å². The van der Waals surface area contributed by atoms with Gasteiger partial charge < -0.3 is 25.8 Å². The molecule has 4 rings (SSSR count). The number of halogens is 1. The van der Waals surface area contributed by atoms with Crippen LogP contribution in [0.2, 0.25) is 0 Å². The number of aliphatic hydroxyl groups excluding tert-OH is 1. The minimum absolute atomic E-state index is 0.00779. The van der Waals surface area contributed by atoms with Gasteiger partial charge in [0.2, 0.25) is 11.8 Å². The zero-order valence-electron chi connectivity index (χ0n) is 23.7. The summed E-state index contributed by atoms with van der Waals surface area (Å²) in [6, 6.07) is 5.91. The molecule has 0 saturated heterocycles. The summed E-state index contributed by atoms with van der Waals surface area (Å²) in [5.74, 6) is 0.208. The number of hydrogen-bond acceptors (Lipinski definition) is 6. The zero-order valence-corrected chi connectivity index (χ0v) is 23.7. The van der Waals surface area contributed by atoms with Gasteiger partial charge in [0, 0.05) is 23.7 Å². The highest BCUT2D eigenvalue weighted by molar-refractivity contribution is 6.03. The van der Waals surface area contributed by atoms with Gasteiger partial charge in [0.25, 0.3) is 0 Å². The van der Waals surface area contributed by atoms with E-state index in [0.717, 1.165) is 31.2 Å². The fraction of sp³-hybridized carbons (Fsp3) is 0.433. The maximum Gasteiger partial charge on any atom is 0.319 e. The first-order valence-electron chi connectivity index (χ1n) is 13.7. The molecule has 10 nitrogen and oxygen atoms in total. The van der Waals surface area contributed by atoms with E-state index in [1.807, 2.05) is 0 Å². The summed E-state index contributed by atoms with van der Waals surface area (Å²) in [6.45, 7) is 9.43. The number of ether oxygens (including phenoxy) is 1. The highest BCUT2D eigenvalue weighted by Gasteiger charge is 2.36. The van der Waals surface area contributed by atoms with E-state index < -0.39 is 11.8 Å². The van der Waals surface area contributed by atoms with Crippen molar-refractivity contribution in [3.63, 3.8) is 0 Å².